The minimum atomic E-state index is -0.687. The van der Waals surface area contributed by atoms with Gasteiger partial charge in [-0.15, -0.1) is 0 Å². The van der Waals surface area contributed by atoms with Gasteiger partial charge in [-0.3, -0.25) is 4.79 Å². The number of likely N-dealkylation sites (N-methyl/N-ethyl adjacent to an activating group) is 1. The summed E-state index contributed by atoms with van der Waals surface area (Å²) in [5, 5.41) is 2.95. The third-order valence-corrected chi connectivity index (χ3v) is 2.61. The van der Waals surface area contributed by atoms with E-state index in [0.29, 0.717) is 26.2 Å². The van der Waals surface area contributed by atoms with E-state index in [2.05, 4.69) is 5.32 Å². The lowest BCUT2D eigenvalue weighted by molar-refractivity contribution is -0.148. The lowest BCUT2D eigenvalue weighted by atomic mass is 9.99. The first-order chi connectivity index (χ1) is 7.96. The Kier molecular flexibility index (Phi) is 8.12. The van der Waals surface area contributed by atoms with Crippen LogP contribution in [0.5, 0.6) is 0 Å². The van der Waals surface area contributed by atoms with Gasteiger partial charge < -0.3 is 19.5 Å². The fourth-order valence-electron chi connectivity index (χ4n) is 1.28. The monoisotopic (exact) mass is 247 g/mol. The van der Waals surface area contributed by atoms with Crippen LogP contribution in [-0.4, -0.2) is 51.6 Å². The van der Waals surface area contributed by atoms with Crippen LogP contribution in [0.3, 0.4) is 0 Å². The van der Waals surface area contributed by atoms with E-state index < -0.39 is 5.54 Å². The lowest BCUT2D eigenvalue weighted by Gasteiger charge is -2.25. The highest BCUT2D eigenvalue weighted by Gasteiger charge is 2.31. The van der Waals surface area contributed by atoms with Crippen molar-refractivity contribution in [2.24, 2.45) is 0 Å². The van der Waals surface area contributed by atoms with E-state index in [9.17, 15) is 4.79 Å². The van der Waals surface area contributed by atoms with Gasteiger partial charge in [-0.1, -0.05) is 0 Å². The molecular weight excluding hydrogens is 222 g/mol. The Labute approximate surface area is 104 Å². The quantitative estimate of drug-likeness (QED) is 0.486. The van der Waals surface area contributed by atoms with E-state index in [1.165, 1.54) is 7.11 Å². The normalized spacial score (nSPS) is 14.7. The smallest absolute Gasteiger partial charge is 0.325 e. The van der Waals surface area contributed by atoms with Crippen LogP contribution in [0.2, 0.25) is 0 Å². The Morgan fingerprint density at radius 3 is 2.41 bits per heavy atom. The van der Waals surface area contributed by atoms with Gasteiger partial charge in [0, 0.05) is 6.61 Å². The van der Waals surface area contributed by atoms with Crippen LogP contribution in [-0.2, 0) is 19.0 Å². The van der Waals surface area contributed by atoms with E-state index in [-0.39, 0.29) is 12.1 Å². The summed E-state index contributed by atoms with van der Waals surface area (Å²) < 4.78 is 15.5. The number of carbonyl (C=O) groups is 1. The van der Waals surface area contributed by atoms with Crippen molar-refractivity contribution in [1.29, 1.82) is 0 Å². The molecule has 1 atom stereocenters. The van der Waals surface area contributed by atoms with Crippen molar-refractivity contribution in [2.75, 3.05) is 34.0 Å². The van der Waals surface area contributed by atoms with Gasteiger partial charge in [-0.05, 0) is 34.2 Å². The highest BCUT2D eigenvalue weighted by Crippen LogP contribution is 2.11. The Bertz CT molecular complexity index is 221. The zero-order chi connectivity index (χ0) is 13.3. The summed E-state index contributed by atoms with van der Waals surface area (Å²) in [7, 11) is 3.12. The minimum Gasteiger partial charge on any atom is -0.468 e. The number of carbonyl (C=O) groups excluding carboxylic acids is 1. The molecule has 0 spiro atoms. The summed E-state index contributed by atoms with van der Waals surface area (Å²) in [5.41, 5.74) is -0.687. The fourth-order valence-corrected chi connectivity index (χ4v) is 1.28. The van der Waals surface area contributed by atoms with Crippen molar-refractivity contribution in [3.05, 3.63) is 0 Å². The Hall–Kier alpha value is -0.650. The van der Waals surface area contributed by atoms with Crippen LogP contribution in [0.4, 0.5) is 0 Å². The van der Waals surface area contributed by atoms with Crippen molar-refractivity contribution < 1.29 is 19.0 Å². The SMILES string of the molecule is CNC(C)(CCOCCOC(C)C)C(=O)OC. The molecule has 0 aromatic heterocycles. The second-order valence-corrected chi connectivity index (χ2v) is 4.36. The summed E-state index contributed by atoms with van der Waals surface area (Å²) in [6.07, 6.45) is 0.786. The zero-order valence-electron chi connectivity index (χ0n) is 11.5. The van der Waals surface area contributed by atoms with Crippen molar-refractivity contribution >= 4 is 5.97 Å². The van der Waals surface area contributed by atoms with Gasteiger partial charge in [0.25, 0.3) is 0 Å². The first-order valence-corrected chi connectivity index (χ1v) is 5.93. The van der Waals surface area contributed by atoms with E-state index >= 15 is 0 Å². The summed E-state index contributed by atoms with van der Waals surface area (Å²) in [6, 6.07) is 0. The van der Waals surface area contributed by atoms with Gasteiger partial charge in [-0.25, -0.2) is 0 Å². The molecule has 0 heterocycles. The third-order valence-electron chi connectivity index (χ3n) is 2.61. The minimum absolute atomic E-state index is 0.219. The second kappa shape index (κ2) is 8.44. The average molecular weight is 247 g/mol. The van der Waals surface area contributed by atoms with Crippen LogP contribution in [0, 0.1) is 0 Å². The van der Waals surface area contributed by atoms with E-state index in [0.717, 1.165) is 0 Å². The van der Waals surface area contributed by atoms with Crippen molar-refractivity contribution in [2.45, 2.75) is 38.8 Å². The molecule has 0 aliphatic carbocycles. The Morgan fingerprint density at radius 2 is 1.94 bits per heavy atom. The molecule has 1 N–H and O–H groups in total. The molecule has 0 aromatic carbocycles. The van der Waals surface area contributed by atoms with Gasteiger partial charge in [0.1, 0.15) is 5.54 Å². The average Bonchev–Trinajstić information content (AvgIpc) is 2.31. The molecule has 102 valence electrons. The first kappa shape index (κ1) is 16.4. The molecule has 0 aromatic rings. The molecule has 0 radical (unpaired) electrons. The summed E-state index contributed by atoms with van der Waals surface area (Å²) in [4.78, 5) is 11.5. The van der Waals surface area contributed by atoms with Crippen molar-refractivity contribution in [3.8, 4) is 0 Å². The van der Waals surface area contributed by atoms with Crippen LogP contribution in [0.1, 0.15) is 27.2 Å². The second-order valence-electron chi connectivity index (χ2n) is 4.36. The van der Waals surface area contributed by atoms with Gasteiger partial charge in [0.05, 0.1) is 26.4 Å². The van der Waals surface area contributed by atoms with Gasteiger partial charge in [0.2, 0.25) is 0 Å². The van der Waals surface area contributed by atoms with Gasteiger partial charge in [-0.2, -0.15) is 0 Å². The fraction of sp³-hybridized carbons (Fsp3) is 0.917. The predicted molar refractivity (Wildman–Crippen MR) is 66.0 cm³/mol. The molecule has 0 saturated carbocycles. The van der Waals surface area contributed by atoms with Gasteiger partial charge in [0.15, 0.2) is 0 Å². The highest BCUT2D eigenvalue weighted by molar-refractivity contribution is 5.80. The van der Waals surface area contributed by atoms with Crippen LogP contribution >= 0.6 is 0 Å². The maximum atomic E-state index is 11.5. The molecule has 1 unspecified atom stereocenters. The van der Waals surface area contributed by atoms with Crippen molar-refractivity contribution in [3.63, 3.8) is 0 Å². The molecule has 5 heteroatoms. The lowest BCUT2D eigenvalue weighted by Crippen LogP contribution is -2.49. The Balaban J connectivity index is 3.74. The molecule has 0 amide bonds. The molecule has 17 heavy (non-hydrogen) atoms. The van der Waals surface area contributed by atoms with E-state index in [1.54, 1.807) is 14.0 Å². The maximum absolute atomic E-state index is 11.5. The number of hydrogen-bond acceptors (Lipinski definition) is 5. The molecular formula is C12H25NO4. The van der Waals surface area contributed by atoms with Crippen LogP contribution in [0.25, 0.3) is 0 Å². The largest absolute Gasteiger partial charge is 0.468 e. The topological polar surface area (TPSA) is 56.8 Å². The number of methoxy groups -OCH3 is 1. The molecule has 0 rings (SSSR count). The molecule has 0 saturated heterocycles. The highest BCUT2D eigenvalue weighted by atomic mass is 16.5. The summed E-state index contributed by atoms with van der Waals surface area (Å²) in [5.74, 6) is -0.276. The first-order valence-electron chi connectivity index (χ1n) is 5.93. The number of rotatable bonds is 9. The Morgan fingerprint density at radius 1 is 1.29 bits per heavy atom. The molecule has 0 aliphatic rings. The summed E-state index contributed by atoms with van der Waals surface area (Å²) >= 11 is 0. The number of nitrogens with one attached hydrogen (secondary N) is 1. The standard InChI is InChI=1S/C12H25NO4/c1-10(2)17-9-8-16-7-6-12(3,13-4)11(14)15-5/h10,13H,6-9H2,1-5H3. The number of hydrogen-bond donors (Lipinski definition) is 1. The van der Waals surface area contributed by atoms with E-state index in [4.69, 9.17) is 14.2 Å². The van der Waals surface area contributed by atoms with E-state index in [1.807, 2.05) is 13.8 Å². The summed E-state index contributed by atoms with van der Waals surface area (Å²) in [6.45, 7) is 7.37. The molecule has 0 fully saturated rings. The van der Waals surface area contributed by atoms with Crippen molar-refractivity contribution in [1.82, 2.24) is 5.32 Å². The van der Waals surface area contributed by atoms with Crippen LogP contribution in [0.15, 0.2) is 0 Å². The van der Waals surface area contributed by atoms with Crippen LogP contribution < -0.4 is 5.32 Å². The third kappa shape index (κ3) is 6.61. The zero-order valence-corrected chi connectivity index (χ0v) is 11.5. The maximum Gasteiger partial charge on any atom is 0.325 e. The predicted octanol–water partition coefficient (Wildman–Crippen LogP) is 0.969. The molecule has 5 nitrogen and oxygen atoms in total. The number of ether oxygens (including phenoxy) is 3. The molecule has 0 aliphatic heterocycles. The molecule has 0 bridgehead atoms. The number of esters is 1. The van der Waals surface area contributed by atoms with Gasteiger partial charge >= 0.3 is 5.97 Å².